The van der Waals surface area contributed by atoms with Crippen LogP contribution in [0.3, 0.4) is 0 Å². The van der Waals surface area contributed by atoms with E-state index in [1.807, 2.05) is 64.9 Å². The Labute approximate surface area is 185 Å². The van der Waals surface area contributed by atoms with E-state index in [-0.39, 0.29) is 11.9 Å². The van der Waals surface area contributed by atoms with E-state index >= 15 is 0 Å². The van der Waals surface area contributed by atoms with Gasteiger partial charge in [0.25, 0.3) is 5.91 Å². The van der Waals surface area contributed by atoms with Gasteiger partial charge in [0, 0.05) is 29.9 Å². The van der Waals surface area contributed by atoms with Crippen molar-refractivity contribution in [3.05, 3.63) is 88.5 Å². The van der Waals surface area contributed by atoms with Crippen LogP contribution in [0.1, 0.15) is 58.7 Å². The lowest BCUT2D eigenvalue weighted by atomic mass is 10.0. The number of hydrogen-bond donors (Lipinski definition) is 0. The second-order valence-corrected chi connectivity index (χ2v) is 8.44. The summed E-state index contributed by atoms with van der Waals surface area (Å²) >= 11 is 5.97. The van der Waals surface area contributed by atoms with Gasteiger partial charge in [-0.25, -0.2) is 9.97 Å². The van der Waals surface area contributed by atoms with Crippen molar-refractivity contribution in [2.75, 3.05) is 6.54 Å². The van der Waals surface area contributed by atoms with Crippen molar-refractivity contribution in [1.82, 2.24) is 19.3 Å². The smallest absolute Gasteiger partial charge is 0.274 e. The summed E-state index contributed by atoms with van der Waals surface area (Å²) in [7, 11) is 0. The number of benzene rings is 1. The Bertz CT molecular complexity index is 1230. The van der Waals surface area contributed by atoms with Crippen LogP contribution in [0.2, 0.25) is 5.02 Å². The highest BCUT2D eigenvalue weighted by atomic mass is 35.5. The number of nitrogens with zero attached hydrogens (tertiary/aromatic N) is 4. The number of amides is 1. The van der Waals surface area contributed by atoms with E-state index in [9.17, 15) is 4.79 Å². The molecule has 1 unspecified atom stereocenters. The van der Waals surface area contributed by atoms with Crippen LogP contribution in [0, 0.1) is 6.92 Å². The minimum absolute atomic E-state index is 0.0785. The summed E-state index contributed by atoms with van der Waals surface area (Å²) in [4.78, 5) is 24.3. The van der Waals surface area contributed by atoms with Crippen molar-refractivity contribution in [2.24, 2.45) is 0 Å². The predicted octanol–water partition coefficient (Wildman–Crippen LogP) is 5.24. The average molecular weight is 435 g/mol. The van der Waals surface area contributed by atoms with Crippen LogP contribution in [-0.4, -0.2) is 31.7 Å². The summed E-state index contributed by atoms with van der Waals surface area (Å²) in [6, 6.07) is 13.4. The number of hydrogen-bond acceptors (Lipinski definition) is 4. The molecule has 1 saturated heterocycles. The van der Waals surface area contributed by atoms with Crippen molar-refractivity contribution in [3.8, 4) is 0 Å². The zero-order valence-corrected chi connectivity index (χ0v) is 18.0. The molecular weight excluding hydrogens is 412 g/mol. The Morgan fingerprint density at radius 3 is 2.84 bits per heavy atom. The Balaban J connectivity index is 1.39. The third kappa shape index (κ3) is 3.95. The molecule has 1 atom stereocenters. The fourth-order valence-electron chi connectivity index (χ4n) is 4.19. The molecule has 5 rings (SSSR count). The number of fused-ring (bicyclic) bond motifs is 1. The maximum Gasteiger partial charge on any atom is 0.274 e. The fourth-order valence-corrected chi connectivity index (χ4v) is 4.32. The van der Waals surface area contributed by atoms with Gasteiger partial charge in [-0.2, -0.15) is 0 Å². The SMILES string of the molecule is Cc1cccc2nc(C(=O)N3CCCCC3c3ncc(Cc4ccc(Cl)cc4)o3)cn12. The van der Waals surface area contributed by atoms with Gasteiger partial charge in [0.05, 0.1) is 6.20 Å². The number of carbonyl (C=O) groups excluding carboxylic acids is 1. The highest BCUT2D eigenvalue weighted by Crippen LogP contribution is 2.32. The third-order valence-corrected chi connectivity index (χ3v) is 6.08. The largest absolute Gasteiger partial charge is 0.443 e. The second kappa shape index (κ2) is 8.19. The fraction of sp³-hybridized carbons (Fsp3) is 0.292. The number of likely N-dealkylation sites (tertiary alicyclic amines) is 1. The number of rotatable bonds is 4. The first-order chi connectivity index (χ1) is 15.1. The molecule has 4 aromatic rings. The van der Waals surface area contributed by atoms with Gasteiger partial charge in [-0.1, -0.05) is 29.8 Å². The summed E-state index contributed by atoms with van der Waals surface area (Å²) in [6.45, 7) is 2.67. The molecule has 0 bridgehead atoms. The first-order valence-electron chi connectivity index (χ1n) is 10.5. The standard InChI is InChI=1S/C24H23ClN4O2/c1-16-5-4-7-22-27-20(15-29(16)22)24(30)28-12-3-2-6-21(28)23-26-14-19(31-23)13-17-8-10-18(25)11-9-17/h4-5,7-11,14-15,21H,2-3,6,12-13H2,1H3. The Kier molecular flexibility index (Phi) is 5.24. The lowest BCUT2D eigenvalue weighted by Gasteiger charge is -2.33. The molecule has 3 aromatic heterocycles. The molecule has 0 N–H and O–H groups in total. The Morgan fingerprint density at radius 2 is 2.03 bits per heavy atom. The molecule has 6 nitrogen and oxygen atoms in total. The summed E-state index contributed by atoms with van der Waals surface area (Å²) in [5, 5.41) is 0.709. The molecule has 0 radical (unpaired) electrons. The summed E-state index contributed by atoms with van der Waals surface area (Å²) in [5.41, 5.74) is 3.37. The van der Waals surface area contributed by atoms with Gasteiger partial charge >= 0.3 is 0 Å². The maximum atomic E-state index is 13.4. The number of piperidine rings is 1. The molecule has 7 heteroatoms. The number of imidazole rings is 1. The van der Waals surface area contributed by atoms with Crippen LogP contribution >= 0.6 is 11.6 Å². The van der Waals surface area contributed by atoms with Crippen LogP contribution < -0.4 is 0 Å². The molecule has 1 fully saturated rings. The molecule has 1 aromatic carbocycles. The number of aromatic nitrogens is 3. The zero-order valence-electron chi connectivity index (χ0n) is 17.3. The van der Waals surface area contributed by atoms with E-state index in [4.69, 9.17) is 16.0 Å². The van der Waals surface area contributed by atoms with E-state index < -0.39 is 0 Å². The number of pyridine rings is 1. The van der Waals surface area contributed by atoms with Crippen molar-refractivity contribution in [1.29, 1.82) is 0 Å². The quantitative estimate of drug-likeness (QED) is 0.440. The number of carbonyl (C=O) groups is 1. The Hall–Kier alpha value is -3.12. The molecule has 1 aliphatic rings. The highest BCUT2D eigenvalue weighted by Gasteiger charge is 2.33. The van der Waals surface area contributed by atoms with E-state index in [2.05, 4.69) is 9.97 Å². The molecule has 158 valence electrons. The summed E-state index contributed by atoms with van der Waals surface area (Å²) in [5.74, 6) is 1.29. The monoisotopic (exact) mass is 434 g/mol. The Morgan fingerprint density at radius 1 is 1.19 bits per heavy atom. The molecule has 31 heavy (non-hydrogen) atoms. The average Bonchev–Trinajstić information content (AvgIpc) is 3.43. The normalized spacial score (nSPS) is 16.7. The van der Waals surface area contributed by atoms with E-state index in [0.29, 0.717) is 29.6 Å². The molecule has 4 heterocycles. The molecule has 1 amide bonds. The van der Waals surface area contributed by atoms with Crippen LogP contribution in [0.4, 0.5) is 0 Å². The first-order valence-corrected chi connectivity index (χ1v) is 10.9. The number of halogens is 1. The highest BCUT2D eigenvalue weighted by molar-refractivity contribution is 6.30. The minimum atomic E-state index is -0.175. The first kappa shape index (κ1) is 19.8. The van der Waals surface area contributed by atoms with Crippen molar-refractivity contribution < 1.29 is 9.21 Å². The molecule has 0 saturated carbocycles. The molecular formula is C24H23ClN4O2. The van der Waals surface area contributed by atoms with Gasteiger partial charge < -0.3 is 13.7 Å². The van der Waals surface area contributed by atoms with Gasteiger partial charge in [0.1, 0.15) is 23.1 Å². The van der Waals surface area contributed by atoms with Gasteiger partial charge in [-0.05, 0) is 56.0 Å². The van der Waals surface area contributed by atoms with Crippen molar-refractivity contribution in [3.63, 3.8) is 0 Å². The van der Waals surface area contributed by atoms with E-state index in [1.54, 1.807) is 6.20 Å². The van der Waals surface area contributed by atoms with Gasteiger partial charge in [0.15, 0.2) is 0 Å². The third-order valence-electron chi connectivity index (χ3n) is 5.83. The number of oxazole rings is 1. The lowest BCUT2D eigenvalue weighted by Crippen LogP contribution is -2.38. The molecule has 0 spiro atoms. The van der Waals surface area contributed by atoms with E-state index in [1.165, 1.54) is 0 Å². The van der Waals surface area contributed by atoms with Gasteiger partial charge in [0.2, 0.25) is 5.89 Å². The lowest BCUT2D eigenvalue weighted by molar-refractivity contribution is 0.0564. The van der Waals surface area contributed by atoms with Crippen LogP contribution in [0.5, 0.6) is 0 Å². The van der Waals surface area contributed by atoms with Gasteiger partial charge in [-0.15, -0.1) is 0 Å². The topological polar surface area (TPSA) is 63.6 Å². The van der Waals surface area contributed by atoms with Crippen molar-refractivity contribution in [2.45, 2.75) is 38.6 Å². The van der Waals surface area contributed by atoms with E-state index in [0.717, 1.165) is 41.9 Å². The van der Waals surface area contributed by atoms with Gasteiger partial charge in [-0.3, -0.25) is 4.79 Å². The van der Waals surface area contributed by atoms with Crippen LogP contribution in [0.15, 0.2) is 59.3 Å². The molecule has 0 aliphatic carbocycles. The van der Waals surface area contributed by atoms with Crippen molar-refractivity contribution >= 4 is 23.2 Å². The number of aryl methyl sites for hydroxylation is 1. The summed E-state index contributed by atoms with van der Waals surface area (Å²) in [6.07, 6.45) is 7.05. The minimum Gasteiger partial charge on any atom is -0.443 e. The maximum absolute atomic E-state index is 13.4. The summed E-state index contributed by atoms with van der Waals surface area (Å²) < 4.78 is 8.03. The second-order valence-electron chi connectivity index (χ2n) is 8.00. The predicted molar refractivity (Wildman–Crippen MR) is 118 cm³/mol. The van der Waals surface area contributed by atoms with Crippen LogP contribution in [0.25, 0.3) is 5.65 Å². The van der Waals surface area contributed by atoms with Crippen LogP contribution in [-0.2, 0) is 6.42 Å². The zero-order chi connectivity index (χ0) is 21.4. The molecule has 1 aliphatic heterocycles.